The van der Waals surface area contributed by atoms with Gasteiger partial charge in [0.1, 0.15) is 5.82 Å². The molecule has 0 heterocycles. The Kier molecular flexibility index (Phi) is 3.47. The Balaban J connectivity index is 2.76. The van der Waals surface area contributed by atoms with E-state index < -0.39 is 9.58 Å². The van der Waals surface area contributed by atoms with Crippen molar-refractivity contribution in [2.24, 2.45) is 0 Å². The largest absolute Gasteiger partial charge is 0.445 e. The van der Waals surface area contributed by atoms with E-state index in [1.54, 1.807) is 13.8 Å². The highest BCUT2D eigenvalue weighted by molar-refractivity contribution is 14.1. The summed E-state index contributed by atoms with van der Waals surface area (Å²) in [6.45, 7) is 3.55. The third-order valence-corrected chi connectivity index (χ3v) is 1.64. The molecule has 2 nitrogen and oxygen atoms in total. The molecule has 0 fully saturated rings. The highest BCUT2D eigenvalue weighted by Crippen LogP contribution is 2.20. The van der Waals surface area contributed by atoms with Crippen LogP contribution in [0, 0.1) is 5.82 Å². The monoisotopic (exact) mass is 308 g/mol. The zero-order valence-electron chi connectivity index (χ0n) is 7.88. The average Bonchev–Trinajstić information content (AvgIpc) is 2.02. The van der Waals surface area contributed by atoms with Gasteiger partial charge in [-0.3, -0.25) is 0 Å². The Hall–Kier alpha value is -0.650. The van der Waals surface area contributed by atoms with E-state index >= 15 is 0 Å². The average molecular weight is 308 g/mol. The highest BCUT2D eigenvalue weighted by atomic mass is 127. The number of carbonyl (C=O) groups is 1. The molecule has 0 atom stereocenters. The van der Waals surface area contributed by atoms with E-state index in [0.29, 0.717) is 5.56 Å². The summed E-state index contributed by atoms with van der Waals surface area (Å²) in [5.74, 6) is -0.806. The van der Waals surface area contributed by atoms with Crippen LogP contribution in [0.25, 0.3) is 0 Å². The number of benzene rings is 1. The van der Waals surface area contributed by atoms with E-state index in [0.717, 1.165) is 0 Å². The Bertz CT molecular complexity index is 327. The van der Waals surface area contributed by atoms with Crippen LogP contribution in [0.4, 0.5) is 4.39 Å². The van der Waals surface area contributed by atoms with Gasteiger partial charge in [-0.05, 0) is 60.7 Å². The summed E-state index contributed by atoms with van der Waals surface area (Å²) in [5, 5.41) is 0. The van der Waals surface area contributed by atoms with Crippen molar-refractivity contribution in [1.82, 2.24) is 0 Å². The molecule has 4 heteroatoms. The fourth-order valence-corrected chi connectivity index (χ4v) is 1.07. The fraction of sp³-hybridized carbons (Fsp3) is 0.300. The van der Waals surface area contributed by atoms with E-state index in [1.807, 2.05) is 22.6 Å². The normalized spacial score (nSPS) is 11.1. The Labute approximate surface area is 95.6 Å². The molecule has 0 unspecified atom stereocenters. The van der Waals surface area contributed by atoms with Gasteiger partial charge in [-0.15, -0.1) is 0 Å². The fourth-order valence-electron chi connectivity index (χ4n) is 0.865. The van der Waals surface area contributed by atoms with Crippen molar-refractivity contribution in [1.29, 1.82) is 0 Å². The van der Waals surface area contributed by atoms with Crippen molar-refractivity contribution in [3.8, 4) is 0 Å². The van der Waals surface area contributed by atoms with Crippen molar-refractivity contribution in [3.63, 3.8) is 0 Å². The molecule has 0 radical (unpaired) electrons. The van der Waals surface area contributed by atoms with Crippen LogP contribution in [-0.4, -0.2) is 9.58 Å². The molecule has 0 saturated heterocycles. The van der Waals surface area contributed by atoms with Crippen LogP contribution >= 0.6 is 22.6 Å². The van der Waals surface area contributed by atoms with Gasteiger partial charge in [0.05, 0.1) is 5.56 Å². The molecule has 0 aliphatic rings. The molecule has 0 bridgehead atoms. The first-order valence-corrected chi connectivity index (χ1v) is 5.14. The molecule has 0 N–H and O–H groups in total. The molecule has 0 aliphatic heterocycles. The molecule has 0 saturated carbocycles. The summed E-state index contributed by atoms with van der Waals surface area (Å²) in [7, 11) is 0. The maximum atomic E-state index is 12.5. The van der Waals surface area contributed by atoms with Crippen LogP contribution in [-0.2, 0) is 4.74 Å². The van der Waals surface area contributed by atoms with Gasteiger partial charge in [0.2, 0.25) is 0 Å². The van der Waals surface area contributed by atoms with E-state index in [2.05, 4.69) is 0 Å². The van der Waals surface area contributed by atoms with Crippen LogP contribution in [0.3, 0.4) is 0 Å². The zero-order chi connectivity index (χ0) is 10.8. The number of ether oxygens (including phenoxy) is 1. The van der Waals surface area contributed by atoms with Crippen LogP contribution in [0.5, 0.6) is 0 Å². The minimum Gasteiger partial charge on any atom is -0.445 e. The first kappa shape index (κ1) is 11.4. The standard InChI is InChI=1S/C10H10FIO2/c1-10(2,12)14-9(13)7-3-5-8(11)6-4-7/h3-6H,1-2H3. The van der Waals surface area contributed by atoms with E-state index in [1.165, 1.54) is 24.3 Å². The lowest BCUT2D eigenvalue weighted by atomic mass is 10.2. The molecule has 14 heavy (non-hydrogen) atoms. The van der Waals surface area contributed by atoms with Gasteiger partial charge in [-0.2, -0.15) is 0 Å². The molecular formula is C10H10FIO2. The molecule has 1 aromatic rings. The number of carbonyl (C=O) groups excluding carboxylic acids is 1. The lowest BCUT2D eigenvalue weighted by molar-refractivity contribution is 0.0340. The lowest BCUT2D eigenvalue weighted by Gasteiger charge is -2.17. The Morgan fingerprint density at radius 2 is 1.86 bits per heavy atom. The number of esters is 1. The van der Waals surface area contributed by atoms with Gasteiger partial charge in [0.25, 0.3) is 0 Å². The van der Waals surface area contributed by atoms with Gasteiger partial charge in [0, 0.05) is 0 Å². The van der Waals surface area contributed by atoms with Crippen molar-refractivity contribution >= 4 is 28.6 Å². The summed E-state index contributed by atoms with van der Waals surface area (Å²) in [6, 6.07) is 5.27. The number of hydrogen-bond donors (Lipinski definition) is 0. The second-order valence-electron chi connectivity index (χ2n) is 3.26. The molecule has 1 aromatic carbocycles. The number of alkyl halides is 1. The topological polar surface area (TPSA) is 26.3 Å². The van der Waals surface area contributed by atoms with Gasteiger partial charge < -0.3 is 4.74 Å². The molecule has 0 spiro atoms. The van der Waals surface area contributed by atoms with Crippen molar-refractivity contribution in [2.45, 2.75) is 17.5 Å². The van der Waals surface area contributed by atoms with Crippen molar-refractivity contribution in [3.05, 3.63) is 35.6 Å². The lowest BCUT2D eigenvalue weighted by Crippen LogP contribution is -2.20. The van der Waals surface area contributed by atoms with E-state index in [4.69, 9.17) is 4.74 Å². The van der Waals surface area contributed by atoms with E-state index in [-0.39, 0.29) is 5.82 Å². The Morgan fingerprint density at radius 1 is 1.36 bits per heavy atom. The second-order valence-corrected chi connectivity index (χ2v) is 5.86. The predicted molar refractivity (Wildman–Crippen MR) is 59.9 cm³/mol. The van der Waals surface area contributed by atoms with Crippen LogP contribution in [0.15, 0.2) is 24.3 Å². The quantitative estimate of drug-likeness (QED) is 0.476. The molecule has 0 amide bonds. The number of rotatable bonds is 2. The number of hydrogen-bond acceptors (Lipinski definition) is 2. The molecule has 76 valence electrons. The maximum absolute atomic E-state index is 12.5. The molecule has 0 aliphatic carbocycles. The van der Waals surface area contributed by atoms with Crippen molar-refractivity contribution in [2.75, 3.05) is 0 Å². The smallest absolute Gasteiger partial charge is 0.339 e. The van der Waals surface area contributed by atoms with Gasteiger partial charge in [-0.1, -0.05) is 0 Å². The van der Waals surface area contributed by atoms with Gasteiger partial charge >= 0.3 is 5.97 Å². The molecular weight excluding hydrogens is 298 g/mol. The summed E-state index contributed by atoms with van der Waals surface area (Å²) in [6.07, 6.45) is 0. The first-order valence-electron chi connectivity index (χ1n) is 4.06. The summed E-state index contributed by atoms with van der Waals surface area (Å²) in [5.41, 5.74) is 0.358. The first-order chi connectivity index (χ1) is 6.38. The minimum atomic E-state index is -0.552. The third-order valence-electron chi connectivity index (χ3n) is 1.42. The van der Waals surface area contributed by atoms with Crippen LogP contribution in [0.1, 0.15) is 24.2 Å². The van der Waals surface area contributed by atoms with Crippen LogP contribution < -0.4 is 0 Å². The SMILES string of the molecule is CC(C)(I)OC(=O)c1ccc(F)cc1. The predicted octanol–water partition coefficient (Wildman–Crippen LogP) is 3.15. The summed E-state index contributed by atoms with van der Waals surface area (Å²) in [4.78, 5) is 11.4. The van der Waals surface area contributed by atoms with Gasteiger partial charge in [0.15, 0.2) is 3.61 Å². The highest BCUT2D eigenvalue weighted by Gasteiger charge is 2.19. The van der Waals surface area contributed by atoms with Crippen LogP contribution in [0.2, 0.25) is 0 Å². The van der Waals surface area contributed by atoms with E-state index in [9.17, 15) is 9.18 Å². The molecule has 0 aromatic heterocycles. The summed E-state index contributed by atoms with van der Waals surface area (Å²) < 4.78 is 17.1. The zero-order valence-corrected chi connectivity index (χ0v) is 10.0. The maximum Gasteiger partial charge on any atom is 0.339 e. The Morgan fingerprint density at radius 3 is 2.29 bits per heavy atom. The molecule has 1 rings (SSSR count). The van der Waals surface area contributed by atoms with Gasteiger partial charge in [-0.25, -0.2) is 9.18 Å². The summed E-state index contributed by atoms with van der Waals surface area (Å²) >= 11 is 2.01. The van der Waals surface area contributed by atoms with Crippen molar-refractivity contribution < 1.29 is 13.9 Å². The minimum absolute atomic E-state index is 0.358. The number of halogens is 2. The second kappa shape index (κ2) is 4.25. The third kappa shape index (κ3) is 3.61.